The monoisotopic (exact) mass is 142 g/mol. The predicted octanol–water partition coefficient (Wildman–Crippen LogP) is 0.825. The Bertz CT molecular complexity index is 202. The van der Waals surface area contributed by atoms with Crippen LogP contribution in [0, 0.1) is 0 Å². The van der Waals surface area contributed by atoms with Crippen LogP contribution >= 0.6 is 0 Å². The van der Waals surface area contributed by atoms with Crippen molar-refractivity contribution in [2.24, 2.45) is 0 Å². The number of furan rings is 1. The van der Waals surface area contributed by atoms with Crippen LogP contribution in [0.3, 0.4) is 0 Å². The van der Waals surface area contributed by atoms with Gasteiger partial charge in [-0.15, -0.1) is 0 Å². The molecular weight excluding hydrogens is 132 g/mol. The van der Waals surface area contributed by atoms with Crippen molar-refractivity contribution in [2.45, 2.75) is 19.6 Å². The summed E-state index contributed by atoms with van der Waals surface area (Å²) in [5.41, 5.74) is 0. The Morgan fingerprint density at radius 2 is 2.30 bits per heavy atom. The molecule has 0 aliphatic rings. The Morgan fingerprint density at radius 3 is 2.60 bits per heavy atom. The summed E-state index contributed by atoms with van der Waals surface area (Å²) in [6.45, 7) is 1.49. The molecule has 0 saturated heterocycles. The van der Waals surface area contributed by atoms with Crippen LogP contribution in [0.5, 0.6) is 0 Å². The summed E-state index contributed by atoms with van der Waals surface area (Å²) >= 11 is 0. The van der Waals surface area contributed by atoms with Crippen molar-refractivity contribution in [3.8, 4) is 0 Å². The van der Waals surface area contributed by atoms with E-state index in [1.165, 1.54) is 0 Å². The molecule has 10 heavy (non-hydrogen) atoms. The Kier molecular flexibility index (Phi) is 2.09. The Morgan fingerprint density at radius 1 is 1.60 bits per heavy atom. The van der Waals surface area contributed by atoms with Crippen LogP contribution in [0.1, 0.15) is 24.5 Å². The third-order valence-electron chi connectivity index (χ3n) is 1.25. The first-order valence-corrected chi connectivity index (χ1v) is 3.11. The molecule has 0 aliphatic carbocycles. The van der Waals surface area contributed by atoms with E-state index in [1.54, 1.807) is 19.1 Å². The summed E-state index contributed by atoms with van der Waals surface area (Å²) < 4.78 is 4.99. The van der Waals surface area contributed by atoms with Crippen molar-refractivity contribution in [1.29, 1.82) is 0 Å². The summed E-state index contributed by atoms with van der Waals surface area (Å²) in [5.74, 6) is 0.972. The zero-order valence-electron chi connectivity index (χ0n) is 5.74. The van der Waals surface area contributed by atoms with Gasteiger partial charge in [0.15, 0.2) is 0 Å². The van der Waals surface area contributed by atoms with Gasteiger partial charge in [0.2, 0.25) is 0 Å². The first-order valence-electron chi connectivity index (χ1n) is 3.11. The Labute approximate surface area is 58.9 Å². The van der Waals surface area contributed by atoms with Gasteiger partial charge in [-0.3, -0.25) is 0 Å². The highest BCUT2D eigenvalue weighted by Gasteiger charge is 2.05. The van der Waals surface area contributed by atoms with Gasteiger partial charge in [0.05, 0.1) is 0 Å². The highest BCUT2D eigenvalue weighted by atomic mass is 16.4. The van der Waals surface area contributed by atoms with Crippen molar-refractivity contribution >= 4 is 0 Å². The smallest absolute Gasteiger partial charge is 0.132 e. The van der Waals surface area contributed by atoms with Crippen LogP contribution < -0.4 is 0 Å². The second kappa shape index (κ2) is 2.86. The van der Waals surface area contributed by atoms with Gasteiger partial charge in [0, 0.05) is 0 Å². The lowest BCUT2D eigenvalue weighted by Crippen LogP contribution is -1.86. The fraction of sp³-hybridized carbons (Fsp3) is 0.429. The van der Waals surface area contributed by atoms with Crippen molar-refractivity contribution < 1.29 is 14.6 Å². The molecule has 1 aromatic rings. The van der Waals surface area contributed by atoms with Crippen LogP contribution in [0.15, 0.2) is 16.5 Å². The van der Waals surface area contributed by atoms with E-state index >= 15 is 0 Å². The standard InChI is InChI=1S/C7H10O3/c1-5(9)7-3-2-6(4-8)10-7/h2-3,5,8-9H,4H2,1H3. The third kappa shape index (κ3) is 1.37. The summed E-state index contributed by atoms with van der Waals surface area (Å²) in [7, 11) is 0. The van der Waals surface area contributed by atoms with E-state index in [0.717, 1.165) is 0 Å². The van der Waals surface area contributed by atoms with E-state index in [1.807, 2.05) is 0 Å². The lowest BCUT2D eigenvalue weighted by Gasteiger charge is -1.96. The van der Waals surface area contributed by atoms with Crippen LogP contribution in [-0.4, -0.2) is 10.2 Å². The van der Waals surface area contributed by atoms with Gasteiger partial charge in [0.1, 0.15) is 24.2 Å². The maximum Gasteiger partial charge on any atom is 0.132 e. The summed E-state index contributed by atoms with van der Waals surface area (Å²) in [4.78, 5) is 0. The molecule has 0 aromatic carbocycles. The largest absolute Gasteiger partial charge is 0.461 e. The highest BCUT2D eigenvalue weighted by Crippen LogP contribution is 2.15. The number of hydrogen-bond donors (Lipinski definition) is 2. The average molecular weight is 142 g/mol. The molecular formula is C7H10O3. The fourth-order valence-electron chi connectivity index (χ4n) is 0.704. The SMILES string of the molecule is CC(O)c1ccc(CO)o1. The number of aliphatic hydroxyl groups is 2. The lowest BCUT2D eigenvalue weighted by molar-refractivity contribution is 0.160. The molecule has 0 radical (unpaired) electrons. The second-order valence-electron chi connectivity index (χ2n) is 2.14. The van der Waals surface area contributed by atoms with Crippen LogP contribution in [0.4, 0.5) is 0 Å². The minimum Gasteiger partial charge on any atom is -0.461 e. The van der Waals surface area contributed by atoms with Crippen molar-refractivity contribution in [3.63, 3.8) is 0 Å². The van der Waals surface area contributed by atoms with Crippen LogP contribution in [0.25, 0.3) is 0 Å². The topological polar surface area (TPSA) is 53.6 Å². The van der Waals surface area contributed by atoms with Gasteiger partial charge in [-0.1, -0.05) is 0 Å². The summed E-state index contributed by atoms with van der Waals surface area (Å²) in [6.07, 6.45) is -0.597. The molecule has 3 heteroatoms. The number of aliphatic hydroxyl groups excluding tert-OH is 2. The predicted molar refractivity (Wildman–Crippen MR) is 35.3 cm³/mol. The molecule has 2 N–H and O–H groups in total. The highest BCUT2D eigenvalue weighted by molar-refractivity contribution is 5.07. The zero-order valence-corrected chi connectivity index (χ0v) is 5.74. The van der Waals surface area contributed by atoms with Gasteiger partial charge in [0.25, 0.3) is 0 Å². The molecule has 0 aliphatic heterocycles. The third-order valence-corrected chi connectivity index (χ3v) is 1.25. The molecule has 0 saturated carbocycles. The van der Waals surface area contributed by atoms with Gasteiger partial charge < -0.3 is 14.6 Å². The van der Waals surface area contributed by atoms with Gasteiger partial charge >= 0.3 is 0 Å². The Hall–Kier alpha value is -0.800. The van der Waals surface area contributed by atoms with Crippen LogP contribution in [0.2, 0.25) is 0 Å². The van der Waals surface area contributed by atoms with E-state index in [-0.39, 0.29) is 6.61 Å². The zero-order chi connectivity index (χ0) is 7.56. The maximum atomic E-state index is 8.96. The van der Waals surface area contributed by atoms with E-state index in [2.05, 4.69) is 0 Å². The maximum absolute atomic E-state index is 8.96. The van der Waals surface area contributed by atoms with E-state index in [0.29, 0.717) is 11.5 Å². The minimum absolute atomic E-state index is 0.118. The molecule has 3 nitrogen and oxygen atoms in total. The molecule has 1 aromatic heterocycles. The molecule has 1 heterocycles. The molecule has 1 unspecified atom stereocenters. The molecule has 1 atom stereocenters. The minimum atomic E-state index is -0.597. The normalized spacial score (nSPS) is 13.5. The van der Waals surface area contributed by atoms with Gasteiger partial charge in [-0.2, -0.15) is 0 Å². The quantitative estimate of drug-likeness (QED) is 0.642. The van der Waals surface area contributed by atoms with Crippen molar-refractivity contribution in [1.82, 2.24) is 0 Å². The fourth-order valence-corrected chi connectivity index (χ4v) is 0.704. The number of rotatable bonds is 2. The summed E-state index contributed by atoms with van der Waals surface area (Å²) in [6, 6.07) is 3.29. The van der Waals surface area contributed by atoms with E-state index in [9.17, 15) is 0 Å². The first kappa shape index (κ1) is 7.31. The van der Waals surface area contributed by atoms with Gasteiger partial charge in [-0.25, -0.2) is 0 Å². The molecule has 0 fully saturated rings. The van der Waals surface area contributed by atoms with E-state index < -0.39 is 6.10 Å². The van der Waals surface area contributed by atoms with Crippen molar-refractivity contribution in [2.75, 3.05) is 0 Å². The molecule has 0 spiro atoms. The van der Waals surface area contributed by atoms with Crippen molar-refractivity contribution in [3.05, 3.63) is 23.7 Å². The molecule has 56 valence electrons. The van der Waals surface area contributed by atoms with Crippen LogP contribution in [-0.2, 0) is 6.61 Å². The first-order chi connectivity index (χ1) is 4.74. The molecule has 0 amide bonds. The van der Waals surface area contributed by atoms with Gasteiger partial charge in [-0.05, 0) is 19.1 Å². The molecule has 1 rings (SSSR count). The number of hydrogen-bond acceptors (Lipinski definition) is 3. The molecule has 0 bridgehead atoms. The lowest BCUT2D eigenvalue weighted by atomic mass is 10.3. The Balaban J connectivity index is 2.78. The second-order valence-corrected chi connectivity index (χ2v) is 2.14. The van der Waals surface area contributed by atoms with E-state index in [4.69, 9.17) is 14.6 Å². The summed E-state index contributed by atoms with van der Waals surface area (Å²) in [5, 5.41) is 17.5. The average Bonchev–Trinajstić information content (AvgIpc) is 2.34.